The van der Waals surface area contributed by atoms with Crippen LogP contribution in [0, 0.1) is 17.7 Å². The number of hydrogen-bond acceptors (Lipinski definition) is 3. The Hall–Kier alpha value is -2.44. The number of nitrogens with two attached hydrogens (primary N) is 1. The summed E-state index contributed by atoms with van der Waals surface area (Å²) in [5.74, 6) is -1.18. The molecular formula is C19H24FN3O3. The number of carbonyl (C=O) groups is 3. The minimum absolute atomic E-state index is 0.0459. The first-order valence-corrected chi connectivity index (χ1v) is 9.08. The molecule has 0 aromatic heterocycles. The topological polar surface area (TPSA) is 83.7 Å². The first kappa shape index (κ1) is 18.4. The van der Waals surface area contributed by atoms with E-state index in [0.717, 1.165) is 12.8 Å². The van der Waals surface area contributed by atoms with Gasteiger partial charge < -0.3 is 15.5 Å². The monoisotopic (exact) mass is 361 g/mol. The van der Waals surface area contributed by atoms with Gasteiger partial charge in [0.2, 0.25) is 11.8 Å². The summed E-state index contributed by atoms with van der Waals surface area (Å²) in [6, 6.07) is 5.47. The van der Waals surface area contributed by atoms with Crippen molar-refractivity contribution < 1.29 is 18.8 Å². The molecule has 7 heteroatoms. The summed E-state index contributed by atoms with van der Waals surface area (Å²) in [5.41, 5.74) is 5.77. The maximum absolute atomic E-state index is 13.0. The lowest BCUT2D eigenvalue weighted by Crippen LogP contribution is -2.49. The molecule has 1 aromatic rings. The molecule has 1 unspecified atom stereocenters. The van der Waals surface area contributed by atoms with Gasteiger partial charge in [0.1, 0.15) is 5.82 Å². The summed E-state index contributed by atoms with van der Waals surface area (Å²) >= 11 is 0. The Balaban J connectivity index is 1.59. The van der Waals surface area contributed by atoms with Crippen LogP contribution in [-0.4, -0.2) is 53.7 Å². The van der Waals surface area contributed by atoms with Crippen LogP contribution in [0.1, 0.15) is 36.0 Å². The zero-order valence-electron chi connectivity index (χ0n) is 14.7. The number of amides is 3. The van der Waals surface area contributed by atoms with E-state index in [2.05, 4.69) is 0 Å². The second kappa shape index (κ2) is 7.85. The van der Waals surface area contributed by atoms with E-state index in [1.165, 1.54) is 24.3 Å². The Labute approximate surface area is 152 Å². The molecular weight excluding hydrogens is 337 g/mol. The van der Waals surface area contributed by atoms with Crippen molar-refractivity contribution in [3.63, 3.8) is 0 Å². The molecule has 1 atom stereocenters. The molecule has 0 aliphatic carbocycles. The van der Waals surface area contributed by atoms with E-state index in [1.54, 1.807) is 9.80 Å². The van der Waals surface area contributed by atoms with Gasteiger partial charge in [-0.3, -0.25) is 14.4 Å². The summed E-state index contributed by atoms with van der Waals surface area (Å²) in [4.78, 5) is 40.1. The fourth-order valence-corrected chi connectivity index (χ4v) is 3.78. The van der Waals surface area contributed by atoms with Crippen LogP contribution in [0.3, 0.4) is 0 Å². The molecule has 0 saturated carbocycles. The zero-order valence-corrected chi connectivity index (χ0v) is 14.7. The highest BCUT2D eigenvalue weighted by atomic mass is 19.1. The fraction of sp³-hybridized carbons (Fsp3) is 0.526. The third-order valence-corrected chi connectivity index (χ3v) is 5.36. The highest BCUT2D eigenvalue weighted by Crippen LogP contribution is 2.24. The largest absolute Gasteiger partial charge is 0.369 e. The third kappa shape index (κ3) is 4.03. The van der Waals surface area contributed by atoms with Crippen molar-refractivity contribution in [3.8, 4) is 0 Å². The third-order valence-electron chi connectivity index (χ3n) is 5.36. The minimum atomic E-state index is -0.382. The van der Waals surface area contributed by atoms with Crippen LogP contribution in [0.25, 0.3) is 0 Å². The molecule has 26 heavy (non-hydrogen) atoms. The number of halogens is 1. The van der Waals surface area contributed by atoms with Gasteiger partial charge in [0.05, 0.1) is 5.92 Å². The first-order chi connectivity index (χ1) is 12.5. The molecule has 2 saturated heterocycles. The molecule has 2 heterocycles. The van der Waals surface area contributed by atoms with Crippen LogP contribution < -0.4 is 5.73 Å². The molecule has 0 spiro atoms. The number of likely N-dealkylation sites (tertiary alicyclic amines) is 2. The predicted octanol–water partition coefficient (Wildman–Crippen LogP) is 1.40. The molecule has 0 bridgehead atoms. The number of rotatable bonds is 3. The van der Waals surface area contributed by atoms with E-state index in [-0.39, 0.29) is 35.4 Å². The van der Waals surface area contributed by atoms with E-state index < -0.39 is 0 Å². The summed E-state index contributed by atoms with van der Waals surface area (Å²) < 4.78 is 13.0. The number of nitrogens with zero attached hydrogens (tertiary/aromatic N) is 2. The van der Waals surface area contributed by atoms with E-state index in [1.807, 2.05) is 0 Å². The van der Waals surface area contributed by atoms with E-state index >= 15 is 0 Å². The van der Waals surface area contributed by atoms with Gasteiger partial charge in [-0.2, -0.15) is 0 Å². The molecule has 0 radical (unpaired) electrons. The van der Waals surface area contributed by atoms with Crippen LogP contribution in [0.15, 0.2) is 24.3 Å². The Kier molecular flexibility index (Phi) is 5.54. The maximum atomic E-state index is 13.0. The van der Waals surface area contributed by atoms with E-state index in [9.17, 15) is 18.8 Å². The maximum Gasteiger partial charge on any atom is 0.253 e. The van der Waals surface area contributed by atoms with Gasteiger partial charge in [0.25, 0.3) is 5.91 Å². The van der Waals surface area contributed by atoms with Crippen molar-refractivity contribution >= 4 is 17.7 Å². The number of carbonyl (C=O) groups excluding carboxylic acids is 3. The summed E-state index contributed by atoms with van der Waals surface area (Å²) in [7, 11) is 0. The SMILES string of the molecule is NC(=O)C1CCN(C(=O)C2CCCN(C(=O)c3ccc(F)cc3)C2)CC1. The van der Waals surface area contributed by atoms with Crippen LogP contribution in [0.4, 0.5) is 4.39 Å². The fourth-order valence-electron chi connectivity index (χ4n) is 3.78. The lowest BCUT2D eigenvalue weighted by Gasteiger charge is -2.37. The Bertz CT molecular complexity index is 684. The van der Waals surface area contributed by atoms with Crippen LogP contribution in [0.5, 0.6) is 0 Å². The van der Waals surface area contributed by atoms with Gasteiger partial charge in [-0.1, -0.05) is 0 Å². The highest BCUT2D eigenvalue weighted by Gasteiger charge is 2.33. The molecule has 2 fully saturated rings. The minimum Gasteiger partial charge on any atom is -0.369 e. The van der Waals surface area contributed by atoms with Gasteiger partial charge in [0.15, 0.2) is 0 Å². The Morgan fingerprint density at radius 1 is 0.923 bits per heavy atom. The van der Waals surface area contributed by atoms with Gasteiger partial charge in [-0.05, 0) is 49.9 Å². The number of primary amides is 1. The summed E-state index contributed by atoms with van der Waals surface area (Å²) in [6.45, 7) is 2.05. The molecule has 140 valence electrons. The van der Waals surface area contributed by atoms with Gasteiger partial charge in [-0.25, -0.2) is 4.39 Å². The molecule has 3 rings (SSSR count). The molecule has 2 aliphatic rings. The van der Waals surface area contributed by atoms with Gasteiger partial charge in [0, 0.05) is 37.7 Å². The van der Waals surface area contributed by atoms with Crippen molar-refractivity contribution in [1.29, 1.82) is 0 Å². The lowest BCUT2D eigenvalue weighted by molar-refractivity contribution is -0.139. The van der Waals surface area contributed by atoms with Crippen LogP contribution >= 0.6 is 0 Å². The Morgan fingerprint density at radius 2 is 1.58 bits per heavy atom. The normalized spacial score (nSPS) is 21.5. The van der Waals surface area contributed by atoms with E-state index in [4.69, 9.17) is 5.73 Å². The van der Waals surface area contributed by atoms with E-state index in [0.29, 0.717) is 44.6 Å². The average molecular weight is 361 g/mol. The van der Waals surface area contributed by atoms with Crippen LogP contribution in [0.2, 0.25) is 0 Å². The van der Waals surface area contributed by atoms with Crippen molar-refractivity contribution in [3.05, 3.63) is 35.6 Å². The second-order valence-corrected chi connectivity index (χ2v) is 7.10. The quantitative estimate of drug-likeness (QED) is 0.883. The number of hydrogen-bond donors (Lipinski definition) is 1. The Morgan fingerprint density at radius 3 is 2.19 bits per heavy atom. The molecule has 2 aliphatic heterocycles. The molecule has 1 aromatic carbocycles. The van der Waals surface area contributed by atoms with Crippen molar-refractivity contribution in [2.75, 3.05) is 26.2 Å². The summed E-state index contributed by atoms with van der Waals surface area (Å²) in [6.07, 6.45) is 2.72. The first-order valence-electron chi connectivity index (χ1n) is 9.08. The average Bonchev–Trinajstić information content (AvgIpc) is 2.67. The van der Waals surface area contributed by atoms with Crippen molar-refractivity contribution in [2.45, 2.75) is 25.7 Å². The number of benzene rings is 1. The summed E-state index contributed by atoms with van der Waals surface area (Å²) in [5, 5.41) is 0. The highest BCUT2D eigenvalue weighted by molar-refractivity contribution is 5.94. The van der Waals surface area contributed by atoms with Gasteiger partial charge in [-0.15, -0.1) is 0 Å². The van der Waals surface area contributed by atoms with Crippen molar-refractivity contribution in [2.24, 2.45) is 17.6 Å². The standard InChI is InChI=1S/C19H24FN3O3/c20-16-5-3-14(4-6-16)18(25)23-9-1-2-15(12-23)19(26)22-10-7-13(8-11-22)17(21)24/h3-6,13,15H,1-2,7-12H2,(H2,21,24). The number of piperidine rings is 2. The molecule has 6 nitrogen and oxygen atoms in total. The lowest BCUT2D eigenvalue weighted by atomic mass is 9.92. The zero-order chi connectivity index (χ0) is 18.7. The molecule has 3 amide bonds. The van der Waals surface area contributed by atoms with Crippen LogP contribution in [-0.2, 0) is 9.59 Å². The predicted molar refractivity (Wildman–Crippen MR) is 93.5 cm³/mol. The smallest absolute Gasteiger partial charge is 0.253 e. The van der Waals surface area contributed by atoms with Crippen molar-refractivity contribution in [1.82, 2.24) is 9.80 Å². The molecule has 2 N–H and O–H groups in total. The second-order valence-electron chi connectivity index (χ2n) is 7.10. The van der Waals surface area contributed by atoms with Gasteiger partial charge >= 0.3 is 0 Å².